The molecule has 1 saturated carbocycles. The number of carbonyl (C=O) groups is 2. The number of carbonyl (C=O) groups excluding carboxylic acids is 1. The summed E-state index contributed by atoms with van der Waals surface area (Å²) in [7, 11) is 0. The third-order valence-electron chi connectivity index (χ3n) is 5.13. The second kappa shape index (κ2) is 7.66. The Balaban J connectivity index is 1.68. The number of carboxylic acids is 1. The number of nitrogens with zero attached hydrogens (tertiary/aromatic N) is 1. The second-order valence-corrected chi connectivity index (χ2v) is 6.65. The first-order valence-electron chi connectivity index (χ1n) is 8.33. The van der Waals surface area contributed by atoms with Gasteiger partial charge in [0.1, 0.15) is 0 Å². The first-order chi connectivity index (χ1) is 10.1. The first kappa shape index (κ1) is 16.1. The van der Waals surface area contributed by atoms with E-state index in [1.807, 2.05) is 4.90 Å². The molecule has 5 nitrogen and oxygen atoms in total. The third-order valence-corrected chi connectivity index (χ3v) is 5.13. The molecule has 1 unspecified atom stereocenters. The summed E-state index contributed by atoms with van der Waals surface area (Å²) >= 11 is 0. The number of piperidine rings is 1. The number of rotatable bonds is 5. The molecule has 2 N–H and O–H groups in total. The van der Waals surface area contributed by atoms with Gasteiger partial charge in [0.25, 0.3) is 0 Å². The summed E-state index contributed by atoms with van der Waals surface area (Å²) in [5.41, 5.74) is 0. The molecule has 0 radical (unpaired) electrons. The normalized spacial score (nSPS) is 22.2. The standard InChI is InChI=1S/C16H28N2O3/c1-12(14-4-2-3-5-14)17-16(21)18-10-8-13(9-11-18)6-7-15(19)20/h12-14H,2-11H2,1H3,(H,17,21)(H,19,20). The van der Waals surface area contributed by atoms with Crippen LogP contribution in [0.4, 0.5) is 4.79 Å². The fourth-order valence-corrected chi connectivity index (χ4v) is 3.61. The highest BCUT2D eigenvalue weighted by atomic mass is 16.4. The lowest BCUT2D eigenvalue weighted by Crippen LogP contribution is -2.48. The van der Waals surface area contributed by atoms with Crippen LogP contribution in [0.2, 0.25) is 0 Å². The summed E-state index contributed by atoms with van der Waals surface area (Å²) in [5.74, 6) is 0.375. The van der Waals surface area contributed by atoms with Gasteiger partial charge in [-0.25, -0.2) is 4.79 Å². The highest BCUT2D eigenvalue weighted by Crippen LogP contribution is 2.28. The average Bonchev–Trinajstić information content (AvgIpc) is 3.00. The zero-order valence-corrected chi connectivity index (χ0v) is 13.0. The van der Waals surface area contributed by atoms with Crippen LogP contribution < -0.4 is 5.32 Å². The van der Waals surface area contributed by atoms with Crippen molar-refractivity contribution in [3.8, 4) is 0 Å². The SMILES string of the molecule is CC(NC(=O)N1CCC(CCC(=O)O)CC1)C1CCCC1. The highest BCUT2D eigenvalue weighted by Gasteiger charge is 2.27. The molecule has 0 spiro atoms. The van der Waals surface area contributed by atoms with Crippen LogP contribution >= 0.6 is 0 Å². The number of hydrogen-bond donors (Lipinski definition) is 2. The Kier molecular flexibility index (Phi) is 5.88. The Bertz CT molecular complexity index is 359. The molecular formula is C16H28N2O3. The molecule has 1 aliphatic carbocycles. The molecule has 0 bridgehead atoms. The number of carboxylic acid groups (broad SMARTS) is 1. The summed E-state index contributed by atoms with van der Waals surface area (Å²) in [6, 6.07) is 0.329. The van der Waals surface area contributed by atoms with Crippen LogP contribution in [-0.4, -0.2) is 41.1 Å². The van der Waals surface area contributed by atoms with Crippen molar-refractivity contribution in [3.05, 3.63) is 0 Å². The van der Waals surface area contributed by atoms with E-state index >= 15 is 0 Å². The van der Waals surface area contributed by atoms with E-state index in [1.165, 1.54) is 25.7 Å². The van der Waals surface area contributed by atoms with Crippen molar-refractivity contribution in [2.75, 3.05) is 13.1 Å². The van der Waals surface area contributed by atoms with E-state index in [4.69, 9.17) is 5.11 Å². The number of urea groups is 1. The van der Waals surface area contributed by atoms with Crippen molar-refractivity contribution in [2.24, 2.45) is 11.8 Å². The van der Waals surface area contributed by atoms with Gasteiger partial charge in [-0.1, -0.05) is 12.8 Å². The molecule has 0 aromatic carbocycles. The summed E-state index contributed by atoms with van der Waals surface area (Å²) < 4.78 is 0. The van der Waals surface area contributed by atoms with Gasteiger partial charge in [0.05, 0.1) is 0 Å². The van der Waals surface area contributed by atoms with E-state index < -0.39 is 5.97 Å². The topological polar surface area (TPSA) is 69.6 Å². The van der Waals surface area contributed by atoms with Crippen LogP contribution in [0.1, 0.15) is 58.3 Å². The lowest BCUT2D eigenvalue weighted by atomic mass is 9.92. The molecule has 0 aromatic rings. The molecule has 2 aliphatic rings. The van der Waals surface area contributed by atoms with Gasteiger partial charge in [0.2, 0.25) is 0 Å². The van der Waals surface area contributed by atoms with E-state index in [9.17, 15) is 9.59 Å². The Morgan fingerprint density at radius 3 is 2.38 bits per heavy atom. The van der Waals surface area contributed by atoms with E-state index in [-0.39, 0.29) is 18.5 Å². The molecule has 120 valence electrons. The first-order valence-corrected chi connectivity index (χ1v) is 8.33. The zero-order valence-electron chi connectivity index (χ0n) is 13.0. The maximum absolute atomic E-state index is 12.3. The number of aliphatic carboxylic acids is 1. The van der Waals surface area contributed by atoms with Gasteiger partial charge in [0, 0.05) is 25.6 Å². The molecule has 2 rings (SSSR count). The average molecular weight is 296 g/mol. The summed E-state index contributed by atoms with van der Waals surface area (Å²) in [5, 5.41) is 11.9. The fourth-order valence-electron chi connectivity index (χ4n) is 3.61. The largest absolute Gasteiger partial charge is 0.481 e. The fraction of sp³-hybridized carbons (Fsp3) is 0.875. The van der Waals surface area contributed by atoms with Gasteiger partial charge in [0.15, 0.2) is 0 Å². The van der Waals surface area contributed by atoms with Crippen molar-refractivity contribution in [2.45, 2.75) is 64.3 Å². The lowest BCUT2D eigenvalue weighted by molar-refractivity contribution is -0.137. The molecule has 1 atom stereocenters. The Labute approximate surface area is 127 Å². The third kappa shape index (κ3) is 4.90. The smallest absolute Gasteiger partial charge is 0.317 e. The van der Waals surface area contributed by atoms with Gasteiger partial charge in [-0.3, -0.25) is 4.79 Å². The minimum absolute atomic E-state index is 0.0612. The Morgan fingerprint density at radius 1 is 1.19 bits per heavy atom. The maximum atomic E-state index is 12.3. The molecule has 2 amide bonds. The number of hydrogen-bond acceptors (Lipinski definition) is 2. The summed E-state index contributed by atoms with van der Waals surface area (Å²) in [6.07, 6.45) is 7.90. The van der Waals surface area contributed by atoms with Gasteiger partial charge in [-0.05, 0) is 50.9 Å². The van der Waals surface area contributed by atoms with Crippen molar-refractivity contribution in [1.29, 1.82) is 0 Å². The zero-order chi connectivity index (χ0) is 15.2. The molecule has 1 heterocycles. The predicted octanol–water partition coefficient (Wildman–Crippen LogP) is 2.85. The molecule has 0 aromatic heterocycles. The highest BCUT2D eigenvalue weighted by molar-refractivity contribution is 5.74. The lowest BCUT2D eigenvalue weighted by Gasteiger charge is -2.33. The Morgan fingerprint density at radius 2 is 1.81 bits per heavy atom. The number of likely N-dealkylation sites (tertiary alicyclic amines) is 1. The van der Waals surface area contributed by atoms with E-state index in [0.717, 1.165) is 32.4 Å². The summed E-state index contributed by atoms with van der Waals surface area (Å²) in [6.45, 7) is 3.63. The van der Waals surface area contributed by atoms with Crippen LogP contribution in [0.25, 0.3) is 0 Å². The molecule has 21 heavy (non-hydrogen) atoms. The van der Waals surface area contributed by atoms with Crippen molar-refractivity contribution in [3.63, 3.8) is 0 Å². The van der Waals surface area contributed by atoms with Gasteiger partial charge in [-0.15, -0.1) is 0 Å². The van der Waals surface area contributed by atoms with E-state index in [2.05, 4.69) is 12.2 Å². The van der Waals surface area contributed by atoms with Gasteiger partial charge >= 0.3 is 12.0 Å². The van der Waals surface area contributed by atoms with Crippen LogP contribution in [0.3, 0.4) is 0 Å². The van der Waals surface area contributed by atoms with Crippen LogP contribution in [-0.2, 0) is 4.79 Å². The maximum Gasteiger partial charge on any atom is 0.317 e. The predicted molar refractivity (Wildman–Crippen MR) is 81.1 cm³/mol. The molecule has 5 heteroatoms. The quantitative estimate of drug-likeness (QED) is 0.819. The Hall–Kier alpha value is -1.26. The van der Waals surface area contributed by atoms with Crippen LogP contribution in [0.15, 0.2) is 0 Å². The van der Waals surface area contributed by atoms with Crippen molar-refractivity contribution in [1.82, 2.24) is 10.2 Å². The van der Waals surface area contributed by atoms with E-state index in [0.29, 0.717) is 11.8 Å². The monoisotopic (exact) mass is 296 g/mol. The van der Waals surface area contributed by atoms with Crippen LogP contribution in [0.5, 0.6) is 0 Å². The van der Waals surface area contributed by atoms with Crippen LogP contribution in [0, 0.1) is 11.8 Å². The summed E-state index contributed by atoms with van der Waals surface area (Å²) in [4.78, 5) is 24.7. The second-order valence-electron chi connectivity index (χ2n) is 6.65. The molecule has 2 fully saturated rings. The minimum Gasteiger partial charge on any atom is -0.481 e. The van der Waals surface area contributed by atoms with Gasteiger partial charge in [-0.2, -0.15) is 0 Å². The molecular weight excluding hydrogens is 268 g/mol. The van der Waals surface area contributed by atoms with Gasteiger partial charge < -0.3 is 15.3 Å². The van der Waals surface area contributed by atoms with Crippen molar-refractivity contribution >= 4 is 12.0 Å². The number of amides is 2. The van der Waals surface area contributed by atoms with E-state index in [1.54, 1.807) is 0 Å². The number of nitrogens with one attached hydrogen (secondary N) is 1. The minimum atomic E-state index is -0.722. The molecule has 1 saturated heterocycles. The molecule has 1 aliphatic heterocycles. The van der Waals surface area contributed by atoms with Crippen molar-refractivity contribution < 1.29 is 14.7 Å².